The van der Waals surface area contributed by atoms with E-state index < -0.39 is 27.6 Å². The molecule has 2 aromatic rings. The third-order valence-electron chi connectivity index (χ3n) is 5.81. The number of nitrogens with zero attached hydrogens (tertiary/aromatic N) is 2. The van der Waals surface area contributed by atoms with E-state index in [-0.39, 0.29) is 52.9 Å². The Bertz CT molecular complexity index is 1040. The first kappa shape index (κ1) is 20.0. The molecular weight excluding hydrogens is 404 g/mol. The summed E-state index contributed by atoms with van der Waals surface area (Å²) in [4.78, 5) is 14.2. The fourth-order valence-electron chi connectivity index (χ4n) is 4.51. The Morgan fingerprint density at radius 3 is 2.45 bits per heavy atom. The molecule has 1 N–H and O–H groups in total. The van der Waals surface area contributed by atoms with Crippen molar-refractivity contribution in [3.63, 3.8) is 0 Å². The highest BCUT2D eigenvalue weighted by atomic mass is 32.2. The van der Waals surface area contributed by atoms with Gasteiger partial charge in [0, 0.05) is 19.1 Å². The Labute approximate surface area is 167 Å². The maximum Gasteiger partial charge on any atom is 0.256 e. The number of carbonyl (C=O) groups excluding carboxylic acids is 1. The summed E-state index contributed by atoms with van der Waals surface area (Å²) in [5.74, 6) is -2.03. The summed E-state index contributed by atoms with van der Waals surface area (Å²) in [6.45, 7) is 3.66. The first-order valence-electron chi connectivity index (χ1n) is 9.37. The SMILES string of the molecule is Cc1noc(C)c1S(=O)(=O)NC1[C@@H]2CC[C@H]1CN(C(=O)c1cc(F)ccc1F)C2. The minimum absolute atomic E-state index is 0.0391. The molecule has 1 aliphatic carbocycles. The monoisotopic (exact) mass is 425 g/mol. The summed E-state index contributed by atoms with van der Waals surface area (Å²) < 4.78 is 60.9. The van der Waals surface area contributed by atoms with Crippen molar-refractivity contribution in [2.75, 3.05) is 13.1 Å². The number of halogens is 2. The van der Waals surface area contributed by atoms with Crippen LogP contribution in [0.25, 0.3) is 0 Å². The minimum atomic E-state index is -3.83. The van der Waals surface area contributed by atoms with E-state index in [9.17, 15) is 22.0 Å². The number of sulfonamides is 1. The molecule has 1 amide bonds. The van der Waals surface area contributed by atoms with E-state index in [2.05, 4.69) is 9.88 Å². The van der Waals surface area contributed by atoms with Crippen LogP contribution in [0.5, 0.6) is 0 Å². The number of benzene rings is 1. The molecule has 2 bridgehead atoms. The van der Waals surface area contributed by atoms with Crippen LogP contribution in [0.15, 0.2) is 27.6 Å². The van der Waals surface area contributed by atoms with Gasteiger partial charge in [0.2, 0.25) is 10.0 Å². The highest BCUT2D eigenvalue weighted by Gasteiger charge is 2.46. The van der Waals surface area contributed by atoms with E-state index in [0.29, 0.717) is 0 Å². The normalized spacial score (nSPS) is 24.1. The molecular formula is C19H21F2N3O4S. The molecule has 1 aromatic carbocycles. The van der Waals surface area contributed by atoms with Gasteiger partial charge in [-0.3, -0.25) is 4.79 Å². The highest BCUT2D eigenvalue weighted by Crippen LogP contribution is 2.38. The Morgan fingerprint density at radius 1 is 1.21 bits per heavy atom. The Morgan fingerprint density at radius 2 is 1.86 bits per heavy atom. The van der Waals surface area contributed by atoms with Crippen LogP contribution < -0.4 is 4.72 Å². The summed E-state index contributed by atoms with van der Waals surface area (Å²) in [6.07, 6.45) is 1.49. The average molecular weight is 425 g/mol. The second-order valence-electron chi connectivity index (χ2n) is 7.73. The van der Waals surface area contributed by atoms with E-state index in [0.717, 1.165) is 31.0 Å². The zero-order valence-electron chi connectivity index (χ0n) is 16.0. The molecule has 1 unspecified atom stereocenters. The number of aryl methyl sites for hydroxylation is 2. The number of hydrogen-bond donors (Lipinski definition) is 1. The van der Waals surface area contributed by atoms with Crippen LogP contribution >= 0.6 is 0 Å². The zero-order valence-corrected chi connectivity index (χ0v) is 16.8. The molecule has 1 saturated carbocycles. The van der Waals surface area contributed by atoms with Gasteiger partial charge < -0.3 is 9.42 Å². The van der Waals surface area contributed by atoms with Crippen molar-refractivity contribution in [2.45, 2.75) is 37.6 Å². The van der Waals surface area contributed by atoms with Gasteiger partial charge in [-0.2, -0.15) is 0 Å². The van der Waals surface area contributed by atoms with Gasteiger partial charge in [-0.15, -0.1) is 0 Å². The van der Waals surface area contributed by atoms with Crippen LogP contribution in [0.3, 0.4) is 0 Å². The molecule has 156 valence electrons. The van der Waals surface area contributed by atoms with Gasteiger partial charge in [-0.05, 0) is 56.7 Å². The van der Waals surface area contributed by atoms with Crippen LogP contribution in [0.1, 0.15) is 34.7 Å². The number of aromatic nitrogens is 1. The second kappa shape index (κ2) is 7.17. The zero-order chi connectivity index (χ0) is 20.9. The van der Waals surface area contributed by atoms with E-state index in [1.54, 1.807) is 6.92 Å². The number of nitrogens with one attached hydrogen (secondary N) is 1. The van der Waals surface area contributed by atoms with Crippen LogP contribution in [-0.2, 0) is 10.0 Å². The average Bonchev–Trinajstić information content (AvgIpc) is 3.09. The van der Waals surface area contributed by atoms with Gasteiger partial charge in [0.25, 0.3) is 5.91 Å². The van der Waals surface area contributed by atoms with Gasteiger partial charge in [0.05, 0.1) is 5.56 Å². The fraction of sp³-hybridized carbons (Fsp3) is 0.474. The maximum atomic E-state index is 14.0. The summed E-state index contributed by atoms with van der Waals surface area (Å²) in [5.41, 5.74) is -0.0179. The van der Waals surface area contributed by atoms with Crippen LogP contribution in [0, 0.1) is 37.3 Å². The fourth-order valence-corrected chi connectivity index (χ4v) is 6.21. The van der Waals surface area contributed by atoms with Gasteiger partial charge in [-0.25, -0.2) is 21.9 Å². The first-order valence-corrected chi connectivity index (χ1v) is 10.8. The molecule has 0 spiro atoms. The molecule has 29 heavy (non-hydrogen) atoms. The van der Waals surface area contributed by atoms with Gasteiger partial charge in [-0.1, -0.05) is 5.16 Å². The summed E-state index contributed by atoms with van der Waals surface area (Å²) in [6, 6.07) is 2.45. The lowest BCUT2D eigenvalue weighted by molar-refractivity contribution is 0.0622. The molecule has 2 heterocycles. The predicted molar refractivity (Wildman–Crippen MR) is 98.6 cm³/mol. The van der Waals surface area contributed by atoms with Crippen molar-refractivity contribution in [3.05, 3.63) is 46.9 Å². The quantitative estimate of drug-likeness (QED) is 0.812. The highest BCUT2D eigenvalue weighted by molar-refractivity contribution is 7.89. The third-order valence-corrected chi connectivity index (χ3v) is 7.51. The predicted octanol–water partition coefficient (Wildman–Crippen LogP) is 2.40. The largest absolute Gasteiger partial charge is 0.360 e. The van der Waals surface area contributed by atoms with E-state index >= 15 is 0 Å². The lowest BCUT2D eigenvalue weighted by Gasteiger charge is -2.38. The molecule has 0 radical (unpaired) electrons. The van der Waals surface area contributed by atoms with E-state index in [4.69, 9.17) is 4.52 Å². The van der Waals surface area contributed by atoms with Gasteiger partial charge in [0.15, 0.2) is 5.76 Å². The standard InChI is InChI=1S/C19H21F2N3O4S/c1-10-18(11(2)28-22-10)29(26,27)23-17-12-3-4-13(17)9-24(8-12)19(25)15-7-14(20)5-6-16(15)21/h5-7,12-13,17,23H,3-4,8-9H2,1-2H3/t12-,13+,17?. The van der Waals surface area contributed by atoms with Crippen molar-refractivity contribution in [1.29, 1.82) is 0 Å². The molecule has 7 nitrogen and oxygen atoms in total. The number of amides is 1. The second-order valence-corrected chi connectivity index (χ2v) is 9.38. The lowest BCUT2D eigenvalue weighted by atomic mass is 9.92. The summed E-state index contributed by atoms with van der Waals surface area (Å²) in [5, 5.41) is 3.70. The van der Waals surface area contributed by atoms with Crippen LogP contribution in [0.4, 0.5) is 8.78 Å². The molecule has 1 saturated heterocycles. The van der Waals surface area contributed by atoms with Crippen molar-refractivity contribution in [1.82, 2.24) is 14.8 Å². The first-order chi connectivity index (χ1) is 13.7. The number of piperidine rings is 1. The smallest absolute Gasteiger partial charge is 0.256 e. The van der Waals surface area contributed by atoms with Gasteiger partial charge >= 0.3 is 0 Å². The van der Waals surface area contributed by atoms with Crippen molar-refractivity contribution >= 4 is 15.9 Å². The molecule has 3 atom stereocenters. The Hall–Kier alpha value is -2.33. The van der Waals surface area contributed by atoms with E-state index in [1.807, 2.05) is 0 Å². The molecule has 4 rings (SSSR count). The van der Waals surface area contributed by atoms with Crippen molar-refractivity contribution < 1.29 is 26.5 Å². The van der Waals surface area contributed by atoms with Crippen molar-refractivity contribution in [2.24, 2.45) is 11.8 Å². The molecule has 1 aliphatic heterocycles. The van der Waals surface area contributed by atoms with Crippen LogP contribution in [0.2, 0.25) is 0 Å². The van der Waals surface area contributed by atoms with Crippen molar-refractivity contribution in [3.8, 4) is 0 Å². The topological polar surface area (TPSA) is 92.5 Å². The minimum Gasteiger partial charge on any atom is -0.360 e. The Kier molecular flexibility index (Phi) is 4.94. The lowest BCUT2D eigenvalue weighted by Crippen LogP contribution is -2.54. The number of hydrogen-bond acceptors (Lipinski definition) is 5. The molecule has 10 heteroatoms. The summed E-state index contributed by atoms with van der Waals surface area (Å²) >= 11 is 0. The number of fused-ring (bicyclic) bond motifs is 2. The number of rotatable bonds is 4. The van der Waals surface area contributed by atoms with E-state index in [1.165, 1.54) is 11.8 Å². The van der Waals surface area contributed by atoms with Crippen LogP contribution in [-0.4, -0.2) is 43.5 Å². The third kappa shape index (κ3) is 3.55. The number of carbonyl (C=O) groups is 1. The van der Waals surface area contributed by atoms with Gasteiger partial charge in [0.1, 0.15) is 22.2 Å². The molecule has 2 fully saturated rings. The summed E-state index contributed by atoms with van der Waals surface area (Å²) in [7, 11) is -3.83. The molecule has 1 aromatic heterocycles. The maximum absolute atomic E-state index is 14.0. The number of likely N-dealkylation sites (tertiary alicyclic amines) is 1. The Balaban J connectivity index is 1.53. The molecule has 2 aliphatic rings.